The van der Waals surface area contributed by atoms with Crippen molar-refractivity contribution >= 4 is 33.2 Å². The summed E-state index contributed by atoms with van der Waals surface area (Å²) in [4.78, 5) is 29.8. The molecule has 4 rings (SSSR count). The van der Waals surface area contributed by atoms with Crippen LogP contribution in [0.5, 0.6) is 0 Å². The second-order valence-corrected chi connectivity index (χ2v) is 11.1. The van der Waals surface area contributed by atoms with E-state index in [1.165, 1.54) is 21.9 Å². The van der Waals surface area contributed by atoms with Gasteiger partial charge in [0.2, 0.25) is 15.9 Å². The van der Waals surface area contributed by atoms with Crippen LogP contribution in [0.3, 0.4) is 0 Å². The number of hydrogen-bond donors (Lipinski definition) is 0. The smallest absolute Gasteiger partial charge is 0.254 e. The number of thiophene rings is 1. The summed E-state index contributed by atoms with van der Waals surface area (Å²) in [7, 11) is -3.37. The van der Waals surface area contributed by atoms with E-state index < -0.39 is 15.4 Å². The van der Waals surface area contributed by atoms with Crippen LogP contribution in [-0.4, -0.2) is 79.9 Å². The molecule has 3 fully saturated rings. The number of nitrogens with zero attached hydrogens (tertiary/aromatic N) is 3. The molecular weight excluding hydrogens is 398 g/mol. The summed E-state index contributed by atoms with van der Waals surface area (Å²) in [6, 6.07) is 1.83. The Morgan fingerprint density at radius 2 is 1.89 bits per heavy atom. The lowest BCUT2D eigenvalue weighted by atomic mass is 9.60. The third kappa shape index (κ3) is 2.90. The summed E-state index contributed by atoms with van der Waals surface area (Å²) >= 11 is 1.50. The Balaban J connectivity index is 1.61. The molecule has 4 heterocycles. The van der Waals surface area contributed by atoms with Crippen LogP contribution in [-0.2, 0) is 14.8 Å². The highest BCUT2D eigenvalue weighted by molar-refractivity contribution is 7.88. The average molecular weight is 426 g/mol. The van der Waals surface area contributed by atoms with E-state index >= 15 is 0 Å². The summed E-state index contributed by atoms with van der Waals surface area (Å²) in [6.07, 6.45) is 3.26. The van der Waals surface area contributed by atoms with E-state index in [0.29, 0.717) is 57.5 Å². The molecule has 1 aromatic heterocycles. The molecule has 28 heavy (non-hydrogen) atoms. The zero-order valence-corrected chi connectivity index (χ0v) is 18.0. The number of carbonyl (C=O) groups is 2. The highest BCUT2D eigenvalue weighted by Crippen LogP contribution is 2.58. The normalized spacial score (nSPS) is 28.0. The highest BCUT2D eigenvalue weighted by atomic mass is 32.2. The van der Waals surface area contributed by atoms with E-state index in [4.69, 9.17) is 0 Å². The highest BCUT2D eigenvalue weighted by Gasteiger charge is 2.66. The molecule has 3 saturated heterocycles. The molecule has 2 amide bonds. The number of amides is 2. The first kappa shape index (κ1) is 19.8. The molecule has 0 aromatic carbocycles. The lowest BCUT2D eigenvalue weighted by Gasteiger charge is -2.46. The van der Waals surface area contributed by atoms with Crippen LogP contribution in [0.2, 0.25) is 0 Å². The van der Waals surface area contributed by atoms with E-state index in [0.717, 1.165) is 0 Å². The molecule has 0 aliphatic carbocycles. The van der Waals surface area contributed by atoms with Gasteiger partial charge in [0.25, 0.3) is 5.91 Å². The zero-order valence-electron chi connectivity index (χ0n) is 16.4. The molecule has 0 bridgehead atoms. The molecule has 3 aliphatic rings. The Bertz CT molecular complexity index is 875. The van der Waals surface area contributed by atoms with Crippen LogP contribution in [0, 0.1) is 10.8 Å². The maximum Gasteiger partial charge on any atom is 0.254 e. The van der Waals surface area contributed by atoms with Crippen molar-refractivity contribution in [1.29, 1.82) is 0 Å². The van der Waals surface area contributed by atoms with Gasteiger partial charge in [-0.2, -0.15) is 11.3 Å². The SMILES string of the molecule is CCN1CC[C@]2(CN(S(C)(=O)=O)CC23CCN(C(=O)c2ccsc2)CC3)C1=O. The van der Waals surface area contributed by atoms with Gasteiger partial charge in [0.05, 0.1) is 17.2 Å². The molecule has 3 aliphatic heterocycles. The van der Waals surface area contributed by atoms with E-state index in [9.17, 15) is 18.0 Å². The predicted octanol–water partition coefficient (Wildman–Crippen LogP) is 1.48. The van der Waals surface area contributed by atoms with Gasteiger partial charge in [-0.3, -0.25) is 9.59 Å². The summed E-state index contributed by atoms with van der Waals surface area (Å²) in [5.74, 6) is 0.120. The van der Waals surface area contributed by atoms with Crippen molar-refractivity contribution in [2.45, 2.75) is 26.2 Å². The number of rotatable bonds is 3. The van der Waals surface area contributed by atoms with E-state index in [1.54, 1.807) is 0 Å². The van der Waals surface area contributed by atoms with E-state index in [1.807, 2.05) is 33.6 Å². The maximum absolute atomic E-state index is 13.3. The monoisotopic (exact) mass is 425 g/mol. The Morgan fingerprint density at radius 1 is 1.18 bits per heavy atom. The first-order valence-electron chi connectivity index (χ1n) is 9.78. The third-order valence-electron chi connectivity index (χ3n) is 7.07. The maximum atomic E-state index is 13.3. The Hall–Kier alpha value is -1.45. The lowest BCUT2D eigenvalue weighted by Crippen LogP contribution is -2.53. The van der Waals surface area contributed by atoms with Gasteiger partial charge in [0.1, 0.15) is 0 Å². The number of sulfonamides is 1. The zero-order chi connectivity index (χ0) is 20.2. The summed E-state index contributed by atoms with van der Waals surface area (Å²) in [5.41, 5.74) is -0.333. The number of fused-ring (bicyclic) bond motifs is 1. The average Bonchev–Trinajstić information content (AvgIpc) is 3.36. The molecular formula is C19H27N3O4S2. The van der Waals surface area contributed by atoms with Crippen LogP contribution < -0.4 is 0 Å². The fourth-order valence-electron chi connectivity index (χ4n) is 5.37. The van der Waals surface area contributed by atoms with Gasteiger partial charge in [-0.1, -0.05) is 0 Å². The van der Waals surface area contributed by atoms with E-state index in [2.05, 4.69) is 0 Å². The lowest BCUT2D eigenvalue weighted by molar-refractivity contribution is -0.141. The van der Waals surface area contributed by atoms with Gasteiger partial charge in [-0.15, -0.1) is 0 Å². The predicted molar refractivity (Wildman–Crippen MR) is 108 cm³/mol. The standard InChI is InChI=1S/C19H27N3O4S2/c1-3-20-10-7-19(17(20)24)14-22(28(2,25)26)13-18(19)5-8-21(9-6-18)16(23)15-4-11-27-12-15/h4,11-12H,3,5-10,13-14H2,1-2H3/t19-/m0/s1. The quantitative estimate of drug-likeness (QED) is 0.735. The van der Waals surface area contributed by atoms with Crippen LogP contribution in [0.4, 0.5) is 0 Å². The van der Waals surface area contributed by atoms with E-state index in [-0.39, 0.29) is 23.8 Å². The Labute approximate surface area is 170 Å². The molecule has 0 radical (unpaired) electrons. The van der Waals surface area contributed by atoms with Gasteiger partial charge in [-0.25, -0.2) is 12.7 Å². The number of piperidine rings is 1. The minimum Gasteiger partial charge on any atom is -0.342 e. The first-order chi connectivity index (χ1) is 13.2. The minimum atomic E-state index is -3.37. The van der Waals surface area contributed by atoms with Gasteiger partial charge in [0.15, 0.2) is 0 Å². The Morgan fingerprint density at radius 3 is 2.43 bits per heavy atom. The van der Waals surface area contributed by atoms with Crippen LogP contribution in [0.1, 0.15) is 36.5 Å². The summed E-state index contributed by atoms with van der Waals surface area (Å²) < 4.78 is 26.1. The molecule has 1 aromatic rings. The molecule has 2 spiro atoms. The first-order valence-corrected chi connectivity index (χ1v) is 12.6. The largest absolute Gasteiger partial charge is 0.342 e. The second kappa shape index (κ2) is 6.81. The topological polar surface area (TPSA) is 78.0 Å². The van der Waals surface area contributed by atoms with Crippen LogP contribution >= 0.6 is 11.3 Å². The van der Waals surface area contributed by atoms with Crippen molar-refractivity contribution in [3.8, 4) is 0 Å². The molecule has 0 unspecified atom stereocenters. The molecule has 7 nitrogen and oxygen atoms in total. The molecule has 1 atom stereocenters. The summed E-state index contributed by atoms with van der Waals surface area (Å²) in [5, 5.41) is 3.75. The van der Waals surface area contributed by atoms with Crippen molar-refractivity contribution in [3.05, 3.63) is 22.4 Å². The second-order valence-electron chi connectivity index (χ2n) is 8.33. The van der Waals surface area contributed by atoms with Gasteiger partial charge in [0, 0.05) is 50.1 Å². The fraction of sp³-hybridized carbons (Fsp3) is 0.684. The third-order valence-corrected chi connectivity index (χ3v) is 8.95. The van der Waals surface area contributed by atoms with Crippen molar-refractivity contribution in [3.63, 3.8) is 0 Å². The van der Waals surface area contributed by atoms with Crippen molar-refractivity contribution in [2.75, 3.05) is 45.5 Å². The molecule has 9 heteroatoms. The van der Waals surface area contributed by atoms with Crippen molar-refractivity contribution < 1.29 is 18.0 Å². The summed E-state index contributed by atoms with van der Waals surface area (Å²) in [6.45, 7) is 5.09. The van der Waals surface area contributed by atoms with Gasteiger partial charge < -0.3 is 9.80 Å². The number of hydrogen-bond acceptors (Lipinski definition) is 5. The van der Waals surface area contributed by atoms with Crippen LogP contribution in [0.15, 0.2) is 16.8 Å². The van der Waals surface area contributed by atoms with Gasteiger partial charge >= 0.3 is 0 Å². The van der Waals surface area contributed by atoms with Gasteiger partial charge in [-0.05, 0) is 37.6 Å². The minimum absolute atomic E-state index is 0.0241. The number of likely N-dealkylation sites (tertiary alicyclic amines) is 2. The molecule has 0 saturated carbocycles. The van der Waals surface area contributed by atoms with Crippen LogP contribution in [0.25, 0.3) is 0 Å². The van der Waals surface area contributed by atoms with Crippen molar-refractivity contribution in [2.24, 2.45) is 10.8 Å². The fourth-order valence-corrected chi connectivity index (χ4v) is 6.93. The Kier molecular flexibility index (Phi) is 4.83. The molecule has 0 N–H and O–H groups in total. The molecule has 154 valence electrons. The number of carbonyl (C=O) groups excluding carboxylic acids is 2. The van der Waals surface area contributed by atoms with Crippen molar-refractivity contribution in [1.82, 2.24) is 14.1 Å².